The van der Waals surface area contributed by atoms with Gasteiger partial charge in [0.25, 0.3) is 0 Å². The van der Waals surface area contributed by atoms with Crippen molar-refractivity contribution in [2.75, 3.05) is 0 Å². The summed E-state index contributed by atoms with van der Waals surface area (Å²) in [5.41, 5.74) is 0.477. The van der Waals surface area contributed by atoms with Crippen LogP contribution in [0.5, 0.6) is 11.5 Å². The molecule has 2 unspecified atom stereocenters. The first-order valence-electron chi connectivity index (χ1n) is 7.18. The molecule has 0 heterocycles. The van der Waals surface area contributed by atoms with Crippen LogP contribution in [0.3, 0.4) is 0 Å². The minimum Gasteiger partial charge on any atom is -0.504 e. The second-order valence-electron chi connectivity index (χ2n) is 5.47. The molecule has 1 aromatic carbocycles. The molecule has 0 aliphatic heterocycles. The number of aliphatic hydroxyl groups excluding tert-OH is 1. The summed E-state index contributed by atoms with van der Waals surface area (Å²) < 4.78 is 5.11. The lowest BCUT2D eigenvalue weighted by atomic mass is 9.85. The van der Waals surface area contributed by atoms with Gasteiger partial charge in [-0.3, -0.25) is 4.79 Å². The molecule has 7 heteroatoms. The summed E-state index contributed by atoms with van der Waals surface area (Å²) in [5, 5.41) is 37.4. The van der Waals surface area contributed by atoms with Crippen LogP contribution >= 0.6 is 0 Å². The Labute approximate surface area is 132 Å². The number of carbonyl (C=O) groups excluding carboxylic acids is 1. The van der Waals surface area contributed by atoms with Crippen LogP contribution in [0.4, 0.5) is 0 Å². The second-order valence-corrected chi connectivity index (χ2v) is 5.47. The fourth-order valence-corrected chi connectivity index (χ4v) is 2.46. The van der Waals surface area contributed by atoms with E-state index in [1.54, 1.807) is 0 Å². The minimum absolute atomic E-state index is 0.0794. The van der Waals surface area contributed by atoms with Gasteiger partial charge in [0, 0.05) is 12.5 Å². The van der Waals surface area contributed by atoms with E-state index in [1.165, 1.54) is 24.3 Å². The van der Waals surface area contributed by atoms with E-state index in [0.29, 0.717) is 12.0 Å². The van der Waals surface area contributed by atoms with Gasteiger partial charge < -0.3 is 25.2 Å². The monoisotopic (exact) mass is 322 g/mol. The molecule has 1 fully saturated rings. The summed E-state index contributed by atoms with van der Waals surface area (Å²) in [7, 11) is 0. The van der Waals surface area contributed by atoms with Crippen molar-refractivity contribution < 1.29 is 34.8 Å². The number of esters is 1. The summed E-state index contributed by atoms with van der Waals surface area (Å²) in [6, 6.07) is 4.05. The van der Waals surface area contributed by atoms with Crippen molar-refractivity contribution in [2.45, 2.75) is 31.5 Å². The van der Waals surface area contributed by atoms with Gasteiger partial charge in [-0.15, -0.1) is 0 Å². The maximum absolute atomic E-state index is 11.8. The molecule has 0 amide bonds. The van der Waals surface area contributed by atoms with Gasteiger partial charge >= 0.3 is 11.9 Å². The number of ether oxygens (including phenoxy) is 1. The van der Waals surface area contributed by atoms with Gasteiger partial charge in [0.2, 0.25) is 0 Å². The van der Waals surface area contributed by atoms with Crippen molar-refractivity contribution in [3.05, 3.63) is 29.8 Å². The number of carboxylic acids is 1. The molecule has 1 saturated carbocycles. The van der Waals surface area contributed by atoms with E-state index in [-0.39, 0.29) is 24.3 Å². The molecule has 1 aliphatic carbocycles. The third-order valence-electron chi connectivity index (χ3n) is 3.78. The molecule has 7 nitrogen and oxygen atoms in total. The standard InChI is InChI=1S/C16H18O7/c17-11-4-1-9(7-13(11)19)2-6-15(20)23-14-8-10(16(21)22)3-5-12(14)18/h1-2,4,6-7,10,12,14,17-19H,3,5,8H2,(H,21,22)/b6-2+/t10?,12-,14?/m1/s1. The molecule has 0 aromatic heterocycles. The number of hydrogen-bond acceptors (Lipinski definition) is 6. The van der Waals surface area contributed by atoms with Crippen LogP contribution in [0.1, 0.15) is 24.8 Å². The van der Waals surface area contributed by atoms with E-state index in [2.05, 4.69) is 0 Å². The van der Waals surface area contributed by atoms with Crippen LogP contribution in [0.15, 0.2) is 24.3 Å². The lowest BCUT2D eigenvalue weighted by molar-refractivity contribution is -0.159. The highest BCUT2D eigenvalue weighted by Crippen LogP contribution is 2.28. The molecule has 3 atom stereocenters. The Bertz CT molecular complexity index is 623. The van der Waals surface area contributed by atoms with E-state index in [9.17, 15) is 24.9 Å². The number of benzene rings is 1. The van der Waals surface area contributed by atoms with E-state index < -0.39 is 30.1 Å². The molecule has 4 N–H and O–H groups in total. The quantitative estimate of drug-likeness (QED) is 0.374. The first kappa shape index (κ1) is 16.8. The Morgan fingerprint density at radius 3 is 2.57 bits per heavy atom. The number of aliphatic hydroxyl groups is 1. The molecule has 1 aliphatic rings. The van der Waals surface area contributed by atoms with Gasteiger partial charge in [-0.1, -0.05) is 6.07 Å². The van der Waals surface area contributed by atoms with Gasteiger partial charge in [0.1, 0.15) is 6.10 Å². The first-order valence-corrected chi connectivity index (χ1v) is 7.18. The molecule has 2 rings (SSSR count). The lowest BCUT2D eigenvalue weighted by Gasteiger charge is -2.30. The van der Waals surface area contributed by atoms with Gasteiger partial charge in [0.15, 0.2) is 11.5 Å². The third kappa shape index (κ3) is 4.46. The maximum atomic E-state index is 11.8. The fraction of sp³-hybridized carbons (Fsp3) is 0.375. The van der Waals surface area contributed by atoms with Crippen LogP contribution < -0.4 is 0 Å². The zero-order valence-electron chi connectivity index (χ0n) is 12.3. The van der Waals surface area contributed by atoms with Crippen LogP contribution in [0, 0.1) is 5.92 Å². The summed E-state index contributed by atoms with van der Waals surface area (Å²) in [6.07, 6.45) is 1.47. The first-order chi connectivity index (χ1) is 10.9. The van der Waals surface area contributed by atoms with Gasteiger partial charge in [-0.2, -0.15) is 0 Å². The number of phenols is 2. The zero-order chi connectivity index (χ0) is 17.0. The smallest absolute Gasteiger partial charge is 0.331 e. The maximum Gasteiger partial charge on any atom is 0.331 e. The van der Waals surface area contributed by atoms with Crippen LogP contribution in [-0.2, 0) is 14.3 Å². The average Bonchev–Trinajstić information content (AvgIpc) is 2.50. The van der Waals surface area contributed by atoms with Gasteiger partial charge in [-0.25, -0.2) is 4.79 Å². The molecule has 0 bridgehead atoms. The number of phenolic OH excluding ortho intramolecular Hbond substituents is 2. The van der Waals surface area contributed by atoms with Gasteiger partial charge in [0.05, 0.1) is 12.0 Å². The van der Waals surface area contributed by atoms with E-state index in [0.717, 1.165) is 6.08 Å². The highest BCUT2D eigenvalue weighted by atomic mass is 16.6. The SMILES string of the molecule is O=C(/C=C/c1ccc(O)c(O)c1)OC1CC(C(=O)O)CC[C@H]1O. The van der Waals surface area contributed by atoms with Crippen molar-refractivity contribution in [1.29, 1.82) is 0 Å². The Hall–Kier alpha value is -2.54. The van der Waals surface area contributed by atoms with Crippen molar-refractivity contribution in [2.24, 2.45) is 5.92 Å². The van der Waals surface area contributed by atoms with E-state index >= 15 is 0 Å². The molecule has 0 radical (unpaired) electrons. The van der Waals surface area contributed by atoms with Crippen molar-refractivity contribution >= 4 is 18.0 Å². The predicted octanol–water partition coefficient (Wildman–Crippen LogP) is 1.27. The van der Waals surface area contributed by atoms with Crippen molar-refractivity contribution in [3.8, 4) is 11.5 Å². The predicted molar refractivity (Wildman–Crippen MR) is 79.7 cm³/mol. The Kier molecular flexibility index (Phi) is 5.23. The van der Waals surface area contributed by atoms with E-state index in [1.807, 2.05) is 0 Å². The van der Waals surface area contributed by atoms with E-state index in [4.69, 9.17) is 9.84 Å². The fourth-order valence-electron chi connectivity index (χ4n) is 2.46. The zero-order valence-corrected chi connectivity index (χ0v) is 12.3. The number of carboxylic acid groups (broad SMARTS) is 1. The number of aliphatic carboxylic acids is 1. The van der Waals surface area contributed by atoms with Crippen molar-refractivity contribution in [1.82, 2.24) is 0 Å². The topological polar surface area (TPSA) is 124 Å². The normalized spacial score (nSPS) is 24.5. The molecule has 0 spiro atoms. The number of rotatable bonds is 4. The van der Waals surface area contributed by atoms with Crippen LogP contribution in [0.25, 0.3) is 6.08 Å². The average molecular weight is 322 g/mol. The summed E-state index contributed by atoms with van der Waals surface area (Å²) >= 11 is 0. The molecule has 23 heavy (non-hydrogen) atoms. The van der Waals surface area contributed by atoms with Gasteiger partial charge in [-0.05, 0) is 36.6 Å². The van der Waals surface area contributed by atoms with Crippen molar-refractivity contribution in [3.63, 3.8) is 0 Å². The minimum atomic E-state index is -0.965. The third-order valence-corrected chi connectivity index (χ3v) is 3.78. The Balaban J connectivity index is 1.96. The number of hydrogen-bond donors (Lipinski definition) is 4. The Morgan fingerprint density at radius 2 is 1.91 bits per heavy atom. The molecule has 0 saturated heterocycles. The van der Waals surface area contributed by atoms with Crippen LogP contribution in [0.2, 0.25) is 0 Å². The Morgan fingerprint density at radius 1 is 1.17 bits per heavy atom. The highest BCUT2D eigenvalue weighted by Gasteiger charge is 2.34. The lowest BCUT2D eigenvalue weighted by Crippen LogP contribution is -2.39. The van der Waals surface area contributed by atoms with Crippen LogP contribution in [-0.4, -0.2) is 44.6 Å². The molecule has 124 valence electrons. The highest BCUT2D eigenvalue weighted by molar-refractivity contribution is 5.87. The second kappa shape index (κ2) is 7.15. The molecular formula is C16H18O7. The largest absolute Gasteiger partial charge is 0.504 e. The number of carbonyl (C=O) groups is 2. The summed E-state index contributed by atoms with van der Waals surface area (Å²) in [6.45, 7) is 0. The molecular weight excluding hydrogens is 304 g/mol. The summed E-state index contributed by atoms with van der Waals surface area (Å²) in [5.74, 6) is -2.89. The molecule has 1 aromatic rings. The summed E-state index contributed by atoms with van der Waals surface area (Å²) in [4.78, 5) is 22.8. The number of aromatic hydroxyl groups is 2.